The molecule has 0 saturated carbocycles. The molecule has 1 aromatic carbocycles. The minimum absolute atomic E-state index is 0.177. The molecule has 0 radical (unpaired) electrons. The van der Waals surface area contributed by atoms with E-state index < -0.39 is 0 Å². The molecular weight excluding hydrogens is 324 g/mol. The lowest BCUT2D eigenvalue weighted by Gasteiger charge is -2.15. The number of carbonyl (C=O) groups is 1. The minimum atomic E-state index is -0.177. The third kappa shape index (κ3) is 2.85. The molecule has 0 atom stereocenters. The quantitative estimate of drug-likeness (QED) is 0.611. The molecule has 21 heavy (non-hydrogen) atoms. The summed E-state index contributed by atoms with van der Waals surface area (Å²) in [6.07, 6.45) is 3.41. The number of carbonyl (C=O) groups excluding carboxylic acids is 1. The number of benzene rings is 1. The van der Waals surface area contributed by atoms with Crippen LogP contribution in [0.4, 0.5) is 5.69 Å². The summed E-state index contributed by atoms with van der Waals surface area (Å²) in [6.45, 7) is 0. The Balaban J connectivity index is 1.97. The van der Waals surface area contributed by atoms with E-state index in [2.05, 4.69) is 4.98 Å². The zero-order valence-electron chi connectivity index (χ0n) is 10.7. The molecule has 1 fully saturated rings. The number of halogens is 1. The summed E-state index contributed by atoms with van der Waals surface area (Å²) in [4.78, 5) is 18.7. The lowest BCUT2D eigenvalue weighted by molar-refractivity contribution is -0.113. The van der Waals surface area contributed by atoms with Crippen molar-refractivity contribution in [2.75, 3.05) is 4.90 Å². The maximum atomic E-state index is 12.5. The van der Waals surface area contributed by atoms with E-state index in [9.17, 15) is 4.79 Å². The van der Waals surface area contributed by atoms with Crippen LogP contribution in [0.15, 0.2) is 53.6 Å². The Morgan fingerprint density at radius 3 is 2.67 bits per heavy atom. The van der Waals surface area contributed by atoms with Gasteiger partial charge in [-0.1, -0.05) is 53.8 Å². The smallest absolute Gasteiger partial charge is 0.268 e. The highest BCUT2D eigenvalue weighted by atomic mass is 35.5. The van der Waals surface area contributed by atoms with Gasteiger partial charge in [0.1, 0.15) is 0 Å². The second kappa shape index (κ2) is 5.97. The van der Waals surface area contributed by atoms with E-state index in [4.69, 9.17) is 23.8 Å². The summed E-state index contributed by atoms with van der Waals surface area (Å²) in [5.74, 6) is -0.177. The summed E-state index contributed by atoms with van der Waals surface area (Å²) >= 11 is 12.7. The SMILES string of the molecule is O=C1C(=Cc2ccccn2)SC(=S)N1c1ccccc1Cl. The molecule has 0 bridgehead atoms. The molecule has 1 aliphatic heterocycles. The van der Waals surface area contributed by atoms with Gasteiger partial charge in [0.15, 0.2) is 4.32 Å². The highest BCUT2D eigenvalue weighted by Crippen LogP contribution is 2.38. The molecule has 1 amide bonds. The molecule has 3 rings (SSSR count). The van der Waals surface area contributed by atoms with Gasteiger partial charge in [0.2, 0.25) is 0 Å². The number of anilines is 1. The van der Waals surface area contributed by atoms with E-state index in [0.29, 0.717) is 19.9 Å². The number of pyridine rings is 1. The van der Waals surface area contributed by atoms with Crippen LogP contribution in [-0.4, -0.2) is 15.2 Å². The van der Waals surface area contributed by atoms with Crippen LogP contribution in [-0.2, 0) is 4.79 Å². The molecule has 0 aliphatic carbocycles. The number of thioether (sulfide) groups is 1. The van der Waals surface area contributed by atoms with Gasteiger partial charge in [0.05, 0.1) is 21.3 Å². The maximum absolute atomic E-state index is 12.5. The minimum Gasteiger partial charge on any atom is -0.268 e. The molecule has 2 aromatic rings. The van der Waals surface area contributed by atoms with Crippen molar-refractivity contribution in [1.29, 1.82) is 0 Å². The molecule has 0 spiro atoms. The van der Waals surface area contributed by atoms with E-state index in [1.54, 1.807) is 24.4 Å². The van der Waals surface area contributed by atoms with E-state index in [-0.39, 0.29) is 5.91 Å². The Morgan fingerprint density at radius 2 is 1.95 bits per heavy atom. The number of nitrogens with zero attached hydrogens (tertiary/aromatic N) is 2. The molecule has 0 unspecified atom stereocenters. The predicted octanol–water partition coefficient (Wildman–Crippen LogP) is 4.14. The number of hydrogen-bond acceptors (Lipinski definition) is 4. The Labute approximate surface area is 136 Å². The number of amides is 1. The lowest BCUT2D eigenvalue weighted by Crippen LogP contribution is -2.27. The standard InChI is InChI=1S/C15H9ClN2OS2/c16-11-6-1-2-7-12(11)18-14(19)13(21-15(18)20)9-10-5-3-4-8-17-10/h1-9H. The first-order valence-corrected chi connectivity index (χ1v) is 7.70. The van der Waals surface area contributed by atoms with E-state index in [1.807, 2.05) is 30.3 Å². The predicted molar refractivity (Wildman–Crippen MR) is 91.3 cm³/mol. The van der Waals surface area contributed by atoms with Gasteiger partial charge in [-0.05, 0) is 30.3 Å². The lowest BCUT2D eigenvalue weighted by atomic mass is 10.2. The van der Waals surface area contributed by atoms with Gasteiger partial charge in [-0.2, -0.15) is 0 Å². The first-order valence-electron chi connectivity index (χ1n) is 6.10. The summed E-state index contributed by atoms with van der Waals surface area (Å²) in [6, 6.07) is 12.7. The van der Waals surface area contributed by atoms with Crippen LogP contribution in [0.3, 0.4) is 0 Å². The Bertz CT molecular complexity index is 746. The van der Waals surface area contributed by atoms with Crippen LogP contribution < -0.4 is 4.90 Å². The van der Waals surface area contributed by atoms with Crippen molar-refractivity contribution < 1.29 is 4.79 Å². The first kappa shape index (κ1) is 14.3. The van der Waals surface area contributed by atoms with Gasteiger partial charge in [-0.3, -0.25) is 14.7 Å². The zero-order chi connectivity index (χ0) is 14.8. The highest BCUT2D eigenvalue weighted by Gasteiger charge is 2.34. The van der Waals surface area contributed by atoms with Crippen LogP contribution in [0.2, 0.25) is 5.02 Å². The summed E-state index contributed by atoms with van der Waals surface area (Å²) in [7, 11) is 0. The number of thiocarbonyl (C=S) groups is 1. The van der Waals surface area contributed by atoms with Crippen molar-refractivity contribution >= 4 is 57.6 Å². The largest absolute Gasteiger partial charge is 0.270 e. The third-order valence-corrected chi connectivity index (χ3v) is 4.48. The topological polar surface area (TPSA) is 33.2 Å². The summed E-state index contributed by atoms with van der Waals surface area (Å²) in [5, 5.41) is 0.493. The number of aromatic nitrogens is 1. The summed E-state index contributed by atoms with van der Waals surface area (Å²) in [5.41, 5.74) is 1.32. The molecule has 1 saturated heterocycles. The van der Waals surface area contributed by atoms with Crippen molar-refractivity contribution in [2.45, 2.75) is 0 Å². The molecular formula is C15H9ClN2OS2. The second-order valence-corrected chi connectivity index (χ2v) is 6.31. The zero-order valence-corrected chi connectivity index (χ0v) is 13.1. The van der Waals surface area contributed by atoms with E-state index in [0.717, 1.165) is 5.69 Å². The average Bonchev–Trinajstić information content (AvgIpc) is 2.76. The number of hydrogen-bond donors (Lipinski definition) is 0. The normalized spacial score (nSPS) is 16.8. The third-order valence-electron chi connectivity index (χ3n) is 2.85. The van der Waals surface area contributed by atoms with Gasteiger partial charge >= 0.3 is 0 Å². The Morgan fingerprint density at radius 1 is 1.19 bits per heavy atom. The fourth-order valence-electron chi connectivity index (χ4n) is 1.90. The van der Waals surface area contributed by atoms with Gasteiger partial charge in [0.25, 0.3) is 5.91 Å². The Kier molecular flexibility index (Phi) is 4.05. The molecule has 0 N–H and O–H groups in total. The maximum Gasteiger partial charge on any atom is 0.270 e. The molecule has 2 heterocycles. The van der Waals surface area contributed by atoms with Crippen LogP contribution in [0.5, 0.6) is 0 Å². The van der Waals surface area contributed by atoms with Gasteiger partial charge in [-0.15, -0.1) is 0 Å². The fraction of sp³-hybridized carbons (Fsp3) is 0. The van der Waals surface area contributed by atoms with Gasteiger partial charge in [0, 0.05) is 6.20 Å². The van der Waals surface area contributed by atoms with Gasteiger partial charge < -0.3 is 0 Å². The molecule has 3 nitrogen and oxygen atoms in total. The number of para-hydroxylation sites is 1. The van der Waals surface area contributed by atoms with Crippen molar-refractivity contribution in [2.24, 2.45) is 0 Å². The van der Waals surface area contributed by atoms with Crippen LogP contribution >= 0.6 is 35.6 Å². The monoisotopic (exact) mass is 332 g/mol. The second-order valence-electron chi connectivity index (χ2n) is 4.22. The number of rotatable bonds is 2. The van der Waals surface area contributed by atoms with Gasteiger partial charge in [-0.25, -0.2) is 0 Å². The first-order chi connectivity index (χ1) is 10.2. The molecule has 1 aliphatic rings. The van der Waals surface area contributed by atoms with Crippen molar-refractivity contribution in [3.05, 3.63) is 64.3 Å². The highest BCUT2D eigenvalue weighted by molar-refractivity contribution is 8.27. The van der Waals surface area contributed by atoms with Crippen molar-refractivity contribution in [3.63, 3.8) is 0 Å². The van der Waals surface area contributed by atoms with Crippen LogP contribution in [0.1, 0.15) is 5.69 Å². The molecule has 104 valence electrons. The molecule has 1 aromatic heterocycles. The fourth-order valence-corrected chi connectivity index (χ4v) is 3.39. The van der Waals surface area contributed by atoms with Crippen LogP contribution in [0, 0.1) is 0 Å². The van der Waals surface area contributed by atoms with Crippen molar-refractivity contribution in [1.82, 2.24) is 4.98 Å². The molecule has 6 heteroatoms. The van der Waals surface area contributed by atoms with Crippen LogP contribution in [0.25, 0.3) is 6.08 Å². The summed E-state index contributed by atoms with van der Waals surface area (Å²) < 4.78 is 0.468. The van der Waals surface area contributed by atoms with Crippen molar-refractivity contribution in [3.8, 4) is 0 Å². The average molecular weight is 333 g/mol. The Hall–Kier alpha value is -1.69. The van der Waals surface area contributed by atoms with E-state index >= 15 is 0 Å². The van der Waals surface area contributed by atoms with E-state index in [1.165, 1.54) is 16.7 Å².